The summed E-state index contributed by atoms with van der Waals surface area (Å²) in [5.41, 5.74) is 8.68. The van der Waals surface area contributed by atoms with Gasteiger partial charge in [-0.25, -0.2) is 4.79 Å². The van der Waals surface area contributed by atoms with E-state index >= 15 is 0 Å². The second-order valence-electron chi connectivity index (χ2n) is 3.59. The lowest BCUT2D eigenvalue weighted by Crippen LogP contribution is -2.30. The van der Waals surface area contributed by atoms with E-state index in [1.807, 2.05) is 0 Å². The molecule has 1 aliphatic rings. The van der Waals surface area contributed by atoms with Crippen molar-refractivity contribution in [2.75, 3.05) is 6.61 Å². The average Bonchev–Trinajstić information content (AvgIpc) is 2.73. The number of ether oxygens (including phenoxy) is 2. The summed E-state index contributed by atoms with van der Waals surface area (Å²) >= 11 is 0. The van der Waals surface area contributed by atoms with E-state index in [-0.39, 0.29) is 6.61 Å². The first kappa shape index (κ1) is 11.9. The Morgan fingerprint density at radius 1 is 1.44 bits per heavy atom. The maximum atomic E-state index is 11.7. The van der Waals surface area contributed by atoms with Gasteiger partial charge in [0.15, 0.2) is 12.1 Å². The fourth-order valence-corrected chi connectivity index (χ4v) is 1.55. The number of rotatable bonds is 3. The maximum Gasteiger partial charge on any atom is 0.338 e. The van der Waals surface area contributed by atoms with Crippen LogP contribution in [0.3, 0.4) is 0 Å². The lowest BCUT2D eigenvalue weighted by Gasteiger charge is -2.12. The van der Waals surface area contributed by atoms with Crippen LogP contribution >= 0.6 is 0 Å². The van der Waals surface area contributed by atoms with Crippen molar-refractivity contribution in [1.29, 1.82) is 0 Å². The van der Waals surface area contributed by atoms with Crippen molar-refractivity contribution in [1.82, 2.24) is 0 Å². The molecule has 7 nitrogen and oxygen atoms in total. The zero-order valence-corrected chi connectivity index (χ0v) is 9.22. The van der Waals surface area contributed by atoms with Crippen LogP contribution in [0.2, 0.25) is 0 Å². The fourth-order valence-electron chi connectivity index (χ4n) is 1.55. The Morgan fingerprint density at radius 3 is 2.83 bits per heavy atom. The van der Waals surface area contributed by atoms with Crippen LogP contribution in [0.4, 0.5) is 0 Å². The minimum absolute atomic E-state index is 0.0961. The summed E-state index contributed by atoms with van der Waals surface area (Å²) in [6, 6.07) is 7.21. The topological polar surface area (TPSA) is 101 Å². The van der Waals surface area contributed by atoms with Crippen LogP contribution in [0.25, 0.3) is 10.4 Å². The lowest BCUT2D eigenvalue weighted by atomic mass is 10.2. The molecule has 1 aliphatic heterocycles. The largest absolute Gasteiger partial charge is 0.461 e. The molecule has 0 aromatic heterocycles. The van der Waals surface area contributed by atoms with Crippen LogP contribution in [0.5, 0.6) is 0 Å². The molecule has 0 amide bonds. The third kappa shape index (κ3) is 2.41. The first-order valence-corrected chi connectivity index (χ1v) is 5.19. The van der Waals surface area contributed by atoms with Crippen molar-refractivity contribution in [2.24, 2.45) is 5.11 Å². The molecule has 0 unspecified atom stereocenters. The van der Waals surface area contributed by atoms with Gasteiger partial charge >= 0.3 is 11.9 Å². The van der Waals surface area contributed by atoms with Crippen LogP contribution in [-0.4, -0.2) is 30.7 Å². The number of cyclic esters (lactones) is 1. The number of carbonyl (C=O) groups is 2. The molecule has 1 fully saturated rings. The molecule has 0 radical (unpaired) electrons. The molecule has 18 heavy (non-hydrogen) atoms. The van der Waals surface area contributed by atoms with Crippen LogP contribution in [0, 0.1) is 0 Å². The highest BCUT2D eigenvalue weighted by Gasteiger charge is 2.39. The van der Waals surface area contributed by atoms with E-state index in [1.54, 1.807) is 30.3 Å². The summed E-state index contributed by atoms with van der Waals surface area (Å²) < 4.78 is 9.77. The van der Waals surface area contributed by atoms with Gasteiger partial charge in [0.05, 0.1) is 5.56 Å². The van der Waals surface area contributed by atoms with Gasteiger partial charge in [-0.2, -0.15) is 0 Å². The molecule has 92 valence electrons. The first-order chi connectivity index (χ1) is 8.72. The molecule has 1 aromatic rings. The third-order valence-electron chi connectivity index (χ3n) is 2.43. The Labute approximate surface area is 102 Å². The van der Waals surface area contributed by atoms with Crippen molar-refractivity contribution >= 4 is 11.9 Å². The van der Waals surface area contributed by atoms with E-state index in [1.165, 1.54) is 0 Å². The molecule has 1 heterocycles. The molecule has 0 N–H and O–H groups in total. The second kappa shape index (κ2) is 5.20. The summed E-state index contributed by atoms with van der Waals surface area (Å²) in [7, 11) is 0. The van der Waals surface area contributed by atoms with Gasteiger partial charge in [-0.1, -0.05) is 23.3 Å². The second-order valence-corrected chi connectivity index (χ2v) is 3.59. The van der Waals surface area contributed by atoms with E-state index in [9.17, 15) is 9.59 Å². The Morgan fingerprint density at radius 2 is 2.17 bits per heavy atom. The van der Waals surface area contributed by atoms with Crippen molar-refractivity contribution in [3.63, 3.8) is 0 Å². The Hall–Kier alpha value is -2.53. The minimum Gasteiger partial charge on any atom is -0.461 e. The Kier molecular flexibility index (Phi) is 3.45. The number of benzene rings is 1. The third-order valence-corrected chi connectivity index (χ3v) is 2.43. The predicted molar refractivity (Wildman–Crippen MR) is 59.5 cm³/mol. The molecule has 0 spiro atoms. The van der Waals surface area contributed by atoms with E-state index < -0.39 is 24.1 Å². The number of esters is 2. The first-order valence-electron chi connectivity index (χ1n) is 5.19. The van der Waals surface area contributed by atoms with Crippen LogP contribution in [0.1, 0.15) is 10.4 Å². The van der Waals surface area contributed by atoms with E-state index in [4.69, 9.17) is 10.3 Å². The molecule has 1 aromatic carbocycles. The summed E-state index contributed by atoms with van der Waals surface area (Å²) in [6.07, 6.45) is -0.874. The van der Waals surface area contributed by atoms with Crippen LogP contribution < -0.4 is 0 Å². The number of azide groups is 1. The highest BCUT2D eigenvalue weighted by atomic mass is 16.6. The molecular weight excluding hydrogens is 238 g/mol. The van der Waals surface area contributed by atoms with E-state index in [0.29, 0.717) is 5.56 Å². The summed E-state index contributed by atoms with van der Waals surface area (Å²) in [5, 5.41) is 3.26. The Balaban J connectivity index is 2.08. The maximum absolute atomic E-state index is 11.7. The quantitative estimate of drug-likeness (QED) is 0.349. The van der Waals surface area contributed by atoms with Crippen molar-refractivity contribution in [3.8, 4) is 0 Å². The van der Waals surface area contributed by atoms with Gasteiger partial charge in [0.25, 0.3) is 0 Å². The van der Waals surface area contributed by atoms with Gasteiger partial charge in [0.1, 0.15) is 6.61 Å². The Bertz CT molecular complexity index is 510. The molecule has 0 saturated carbocycles. The SMILES string of the molecule is [N-]=[N+]=N[C@H]1C(=O)OC[C@H]1OC(=O)c1ccccc1. The van der Waals surface area contributed by atoms with Crippen LogP contribution in [-0.2, 0) is 14.3 Å². The number of hydrogen-bond acceptors (Lipinski definition) is 5. The van der Waals surface area contributed by atoms with E-state index in [0.717, 1.165) is 0 Å². The van der Waals surface area contributed by atoms with Crippen molar-refractivity contribution in [2.45, 2.75) is 12.1 Å². The molecular formula is C11H9N3O4. The van der Waals surface area contributed by atoms with Gasteiger partial charge in [-0.3, -0.25) is 4.79 Å². The number of carbonyl (C=O) groups excluding carboxylic acids is 2. The zero-order chi connectivity index (χ0) is 13.0. The van der Waals surface area contributed by atoms with Gasteiger partial charge in [-0.05, 0) is 17.7 Å². The summed E-state index contributed by atoms with van der Waals surface area (Å²) in [5.74, 6) is -1.27. The van der Waals surface area contributed by atoms with Crippen molar-refractivity contribution in [3.05, 3.63) is 46.3 Å². The minimum atomic E-state index is -1.11. The van der Waals surface area contributed by atoms with Crippen LogP contribution in [0.15, 0.2) is 35.4 Å². The summed E-state index contributed by atoms with van der Waals surface area (Å²) in [6.45, 7) is -0.0961. The molecule has 2 atom stereocenters. The normalized spacial score (nSPS) is 21.9. The highest BCUT2D eigenvalue weighted by Crippen LogP contribution is 2.17. The van der Waals surface area contributed by atoms with Gasteiger partial charge in [-0.15, -0.1) is 0 Å². The standard InChI is InChI=1S/C11H9N3O4/c12-14-13-9-8(6-17-11(9)16)18-10(15)7-4-2-1-3-5-7/h1-5,8-9H,6H2/t8-,9-/m1/s1. The average molecular weight is 247 g/mol. The zero-order valence-electron chi connectivity index (χ0n) is 9.22. The molecule has 0 aliphatic carbocycles. The molecule has 7 heteroatoms. The summed E-state index contributed by atoms with van der Waals surface area (Å²) in [4.78, 5) is 25.5. The smallest absolute Gasteiger partial charge is 0.338 e. The number of hydrogen-bond donors (Lipinski definition) is 0. The van der Waals surface area contributed by atoms with Gasteiger partial charge in [0, 0.05) is 4.91 Å². The lowest BCUT2D eigenvalue weighted by molar-refractivity contribution is -0.138. The van der Waals surface area contributed by atoms with Gasteiger partial charge < -0.3 is 9.47 Å². The van der Waals surface area contributed by atoms with Crippen molar-refractivity contribution < 1.29 is 19.1 Å². The van der Waals surface area contributed by atoms with E-state index in [2.05, 4.69) is 14.8 Å². The monoisotopic (exact) mass is 247 g/mol. The molecule has 2 rings (SSSR count). The molecule has 0 bridgehead atoms. The predicted octanol–water partition coefficient (Wildman–Crippen LogP) is 1.45. The highest BCUT2D eigenvalue weighted by molar-refractivity contribution is 5.90. The fraction of sp³-hybridized carbons (Fsp3) is 0.273. The molecule has 1 saturated heterocycles. The van der Waals surface area contributed by atoms with Gasteiger partial charge in [0.2, 0.25) is 0 Å². The number of nitrogens with zero attached hydrogens (tertiary/aromatic N) is 3.